The summed E-state index contributed by atoms with van der Waals surface area (Å²) in [5, 5.41) is 5.70. The number of carbonyl (C=O) groups is 1. The minimum Gasteiger partial charge on any atom is -0.371 e. The van der Waals surface area contributed by atoms with Gasteiger partial charge in [0.1, 0.15) is 11.6 Å². The third-order valence-corrected chi connectivity index (χ3v) is 5.42. The number of amides is 1. The highest BCUT2D eigenvalue weighted by atomic mass is 19.3. The van der Waals surface area contributed by atoms with E-state index in [0.717, 1.165) is 25.6 Å². The number of anilines is 3. The number of nitrogens with zero attached hydrogens (tertiary/aromatic N) is 5. The molecule has 1 saturated heterocycles. The molecule has 1 fully saturated rings. The quantitative estimate of drug-likeness (QED) is 0.541. The van der Waals surface area contributed by atoms with Gasteiger partial charge in [-0.1, -0.05) is 6.07 Å². The largest absolute Gasteiger partial charge is 0.371 e. The van der Waals surface area contributed by atoms with Crippen molar-refractivity contribution in [2.45, 2.75) is 32.8 Å². The number of ether oxygens (including phenoxy) is 1. The Kier molecular flexibility index (Phi) is 6.99. The van der Waals surface area contributed by atoms with E-state index in [2.05, 4.69) is 35.5 Å². The Morgan fingerprint density at radius 2 is 1.97 bits per heavy atom. The number of pyridine rings is 2. The van der Waals surface area contributed by atoms with Crippen molar-refractivity contribution in [2.24, 2.45) is 0 Å². The van der Waals surface area contributed by atoms with Crippen molar-refractivity contribution in [3.8, 4) is 11.3 Å². The van der Waals surface area contributed by atoms with Crippen LogP contribution >= 0.6 is 0 Å². The van der Waals surface area contributed by atoms with Crippen LogP contribution < -0.4 is 10.6 Å². The van der Waals surface area contributed by atoms with Crippen molar-refractivity contribution >= 4 is 23.2 Å². The molecule has 1 aliphatic rings. The highest BCUT2D eigenvalue weighted by molar-refractivity contribution is 5.89. The normalized spacial score (nSPS) is 16.7. The molecule has 1 atom stereocenters. The summed E-state index contributed by atoms with van der Waals surface area (Å²) in [4.78, 5) is 30.5. The number of hydrogen-bond acceptors (Lipinski definition) is 8. The maximum absolute atomic E-state index is 13.9. The van der Waals surface area contributed by atoms with Gasteiger partial charge in [-0.05, 0) is 20.0 Å². The van der Waals surface area contributed by atoms with Gasteiger partial charge in [-0.3, -0.25) is 9.78 Å². The Labute approximate surface area is 202 Å². The van der Waals surface area contributed by atoms with E-state index in [1.807, 2.05) is 19.2 Å². The topological polar surface area (TPSA) is 105 Å². The molecule has 0 saturated carbocycles. The van der Waals surface area contributed by atoms with Crippen LogP contribution in [0.15, 0.2) is 36.7 Å². The molecule has 0 spiro atoms. The first-order valence-electron chi connectivity index (χ1n) is 11.1. The monoisotopic (exact) mass is 483 g/mol. The molecule has 184 valence electrons. The van der Waals surface area contributed by atoms with E-state index in [0.29, 0.717) is 35.1 Å². The van der Waals surface area contributed by atoms with Crippen molar-refractivity contribution in [1.82, 2.24) is 24.8 Å². The van der Waals surface area contributed by atoms with Crippen LogP contribution in [0.5, 0.6) is 0 Å². The second-order valence-corrected chi connectivity index (χ2v) is 8.63. The molecule has 0 aromatic carbocycles. The second-order valence-electron chi connectivity index (χ2n) is 8.63. The van der Waals surface area contributed by atoms with E-state index in [1.165, 1.54) is 6.92 Å². The summed E-state index contributed by atoms with van der Waals surface area (Å²) >= 11 is 0. The fraction of sp³-hybridized carbons (Fsp3) is 0.375. The van der Waals surface area contributed by atoms with E-state index in [4.69, 9.17) is 4.74 Å². The van der Waals surface area contributed by atoms with Crippen LogP contribution in [0.3, 0.4) is 0 Å². The van der Waals surface area contributed by atoms with Gasteiger partial charge < -0.3 is 20.3 Å². The van der Waals surface area contributed by atoms with Gasteiger partial charge in [-0.2, -0.15) is 8.78 Å². The molecular formula is C24H27F2N7O2. The van der Waals surface area contributed by atoms with Crippen LogP contribution in [0.25, 0.3) is 11.3 Å². The number of morpholine rings is 1. The summed E-state index contributed by atoms with van der Waals surface area (Å²) in [6.07, 6.45) is 3.25. The van der Waals surface area contributed by atoms with Gasteiger partial charge in [-0.15, -0.1) is 0 Å². The summed E-state index contributed by atoms with van der Waals surface area (Å²) in [6.45, 7) is 6.05. The van der Waals surface area contributed by atoms with Crippen LogP contribution in [-0.4, -0.2) is 57.5 Å². The highest BCUT2D eigenvalue weighted by Gasteiger charge is 2.29. The number of halogens is 2. The number of aryl methyl sites for hydroxylation is 1. The number of carbonyl (C=O) groups excluding carboxylic acids is 1. The molecule has 35 heavy (non-hydrogen) atoms. The lowest BCUT2D eigenvalue weighted by Gasteiger charge is -2.30. The van der Waals surface area contributed by atoms with Crippen LogP contribution in [0.2, 0.25) is 0 Å². The number of alkyl halides is 2. The van der Waals surface area contributed by atoms with Crippen molar-refractivity contribution in [2.75, 3.05) is 37.4 Å². The Morgan fingerprint density at radius 3 is 2.63 bits per heavy atom. The number of likely N-dealkylation sites (N-methyl/N-ethyl adjacent to an activating group) is 1. The smallest absolute Gasteiger partial charge is 0.303 e. The van der Waals surface area contributed by atoms with Gasteiger partial charge in [0.2, 0.25) is 11.7 Å². The first-order chi connectivity index (χ1) is 16.6. The van der Waals surface area contributed by atoms with Crippen molar-refractivity contribution in [3.63, 3.8) is 0 Å². The van der Waals surface area contributed by atoms with E-state index in [9.17, 15) is 13.6 Å². The lowest BCUT2D eigenvalue weighted by atomic mass is 10.1. The predicted octanol–water partition coefficient (Wildman–Crippen LogP) is 4.06. The summed E-state index contributed by atoms with van der Waals surface area (Å²) in [7, 11) is 2.05. The van der Waals surface area contributed by atoms with Gasteiger partial charge >= 0.3 is 5.92 Å². The molecule has 3 aromatic rings. The molecule has 1 amide bonds. The maximum Gasteiger partial charge on any atom is 0.303 e. The number of rotatable bonds is 6. The average molecular weight is 484 g/mol. The molecule has 4 heterocycles. The molecule has 11 heteroatoms. The Hall–Kier alpha value is -3.57. The zero-order chi connectivity index (χ0) is 25.2. The van der Waals surface area contributed by atoms with Crippen molar-refractivity contribution < 1.29 is 18.3 Å². The summed E-state index contributed by atoms with van der Waals surface area (Å²) in [5.74, 6) is -3.59. The maximum atomic E-state index is 13.9. The molecule has 9 nitrogen and oxygen atoms in total. The Balaban J connectivity index is 1.69. The minimum atomic E-state index is -3.20. The number of nitrogens with one attached hydrogen (secondary N) is 2. The Morgan fingerprint density at radius 1 is 1.17 bits per heavy atom. The fourth-order valence-corrected chi connectivity index (χ4v) is 3.71. The molecule has 0 bridgehead atoms. The molecule has 4 rings (SSSR count). The van der Waals surface area contributed by atoms with Crippen molar-refractivity contribution in [1.29, 1.82) is 0 Å². The fourth-order valence-electron chi connectivity index (χ4n) is 3.71. The summed E-state index contributed by atoms with van der Waals surface area (Å²) < 4.78 is 33.6. The van der Waals surface area contributed by atoms with E-state index in [-0.39, 0.29) is 17.8 Å². The zero-order valence-electron chi connectivity index (χ0n) is 20.0. The first-order valence-corrected chi connectivity index (χ1v) is 11.1. The minimum absolute atomic E-state index is 0.0636. The third-order valence-electron chi connectivity index (χ3n) is 5.42. The van der Waals surface area contributed by atoms with E-state index < -0.39 is 11.7 Å². The number of aromatic nitrogens is 4. The van der Waals surface area contributed by atoms with Crippen LogP contribution in [0.4, 0.5) is 26.1 Å². The molecule has 0 radical (unpaired) electrons. The zero-order valence-corrected chi connectivity index (χ0v) is 20.0. The lowest BCUT2D eigenvalue weighted by Crippen LogP contribution is -2.35. The SMILES string of the molecule is CC(=O)Nc1cc(Nc2cc(C)nc(C(C)(F)F)n2)c(-c2ccc([C@H]3CN(C)CCO3)cn2)cn1. The first kappa shape index (κ1) is 24.6. The second kappa shape index (κ2) is 9.96. The lowest BCUT2D eigenvalue weighted by molar-refractivity contribution is -0.114. The molecule has 2 N–H and O–H groups in total. The van der Waals surface area contributed by atoms with Gasteiger partial charge in [0, 0.05) is 68.3 Å². The molecule has 0 unspecified atom stereocenters. The Bertz CT molecular complexity index is 1220. The van der Waals surface area contributed by atoms with Gasteiger partial charge in [0.25, 0.3) is 0 Å². The van der Waals surface area contributed by atoms with Gasteiger partial charge in [0.15, 0.2) is 0 Å². The molecular weight excluding hydrogens is 456 g/mol. The molecule has 0 aliphatic carbocycles. The van der Waals surface area contributed by atoms with E-state index in [1.54, 1.807) is 31.5 Å². The van der Waals surface area contributed by atoms with Crippen LogP contribution in [0.1, 0.15) is 37.0 Å². The molecule has 1 aliphatic heterocycles. The standard InChI is InChI=1S/C24H27F2N7O2/c1-14-9-22(32-23(29-14)24(3,25)26)31-19-10-21(30-15(2)34)28-12-17(19)18-6-5-16(11-27-18)20-13-33(4)7-8-35-20/h5-6,9-12,20H,7-8,13H2,1-4H3,(H2,28,29,30,31,32,34)/t20-/m1/s1. The summed E-state index contributed by atoms with van der Waals surface area (Å²) in [5.41, 5.74) is 3.04. The number of hydrogen-bond donors (Lipinski definition) is 2. The highest BCUT2D eigenvalue weighted by Crippen LogP contribution is 2.32. The predicted molar refractivity (Wildman–Crippen MR) is 128 cm³/mol. The van der Waals surface area contributed by atoms with Crippen LogP contribution in [0, 0.1) is 6.92 Å². The van der Waals surface area contributed by atoms with Crippen LogP contribution in [-0.2, 0) is 15.5 Å². The van der Waals surface area contributed by atoms with Crippen molar-refractivity contribution in [3.05, 3.63) is 53.7 Å². The third kappa shape index (κ3) is 6.11. The average Bonchev–Trinajstić information content (AvgIpc) is 2.78. The van der Waals surface area contributed by atoms with Gasteiger partial charge in [-0.25, -0.2) is 15.0 Å². The summed E-state index contributed by atoms with van der Waals surface area (Å²) in [6, 6.07) is 6.96. The molecule has 3 aromatic heterocycles. The van der Waals surface area contributed by atoms with Gasteiger partial charge in [0.05, 0.1) is 24.1 Å². The van der Waals surface area contributed by atoms with E-state index >= 15 is 0 Å².